The summed E-state index contributed by atoms with van der Waals surface area (Å²) in [4.78, 5) is 14.9. The van der Waals surface area contributed by atoms with Crippen LogP contribution < -0.4 is 0 Å². The molecule has 0 bridgehead atoms. The fourth-order valence-electron chi connectivity index (χ4n) is 2.41. The van der Waals surface area contributed by atoms with Gasteiger partial charge in [-0.2, -0.15) is 4.52 Å². The summed E-state index contributed by atoms with van der Waals surface area (Å²) in [7, 11) is 1.79. The zero-order valence-corrected chi connectivity index (χ0v) is 13.0. The van der Waals surface area contributed by atoms with E-state index >= 15 is 0 Å². The number of rotatable bonds is 4. The number of nitrogens with zero attached hydrogens (tertiary/aromatic N) is 5. The maximum absolute atomic E-state index is 12.5. The SMILES string of the molecule is CN(Cc1ccccc1)C(=O)c1nn2c(C3CC3)nnc2s1. The van der Waals surface area contributed by atoms with Crippen LogP contribution in [0.25, 0.3) is 4.96 Å². The van der Waals surface area contributed by atoms with Gasteiger partial charge in [-0.1, -0.05) is 41.7 Å². The van der Waals surface area contributed by atoms with Crippen molar-refractivity contribution in [1.82, 2.24) is 24.7 Å². The van der Waals surface area contributed by atoms with E-state index in [2.05, 4.69) is 15.3 Å². The maximum atomic E-state index is 12.5. The minimum Gasteiger partial charge on any atom is -0.335 e. The lowest BCUT2D eigenvalue weighted by atomic mass is 10.2. The third-order valence-electron chi connectivity index (χ3n) is 3.75. The molecule has 6 nitrogen and oxygen atoms in total. The lowest BCUT2D eigenvalue weighted by Crippen LogP contribution is -2.26. The predicted octanol–water partition coefficient (Wildman–Crippen LogP) is 2.34. The fourth-order valence-corrected chi connectivity index (χ4v) is 3.25. The van der Waals surface area contributed by atoms with E-state index in [1.807, 2.05) is 30.3 Å². The van der Waals surface area contributed by atoms with Crippen molar-refractivity contribution < 1.29 is 4.79 Å². The van der Waals surface area contributed by atoms with Gasteiger partial charge in [-0.05, 0) is 18.4 Å². The zero-order valence-electron chi connectivity index (χ0n) is 12.1. The van der Waals surface area contributed by atoms with E-state index in [1.54, 1.807) is 16.5 Å². The molecular formula is C15H15N5OS. The molecule has 0 spiro atoms. The Morgan fingerprint density at radius 3 is 2.82 bits per heavy atom. The van der Waals surface area contributed by atoms with Crippen LogP contribution in [0.15, 0.2) is 30.3 Å². The first-order valence-electron chi connectivity index (χ1n) is 7.24. The number of amides is 1. The Balaban J connectivity index is 1.56. The van der Waals surface area contributed by atoms with Crippen molar-refractivity contribution >= 4 is 22.2 Å². The topological polar surface area (TPSA) is 63.4 Å². The highest BCUT2D eigenvalue weighted by Gasteiger charge is 2.30. The van der Waals surface area contributed by atoms with E-state index in [-0.39, 0.29) is 5.91 Å². The number of hydrogen-bond acceptors (Lipinski definition) is 5. The summed E-state index contributed by atoms with van der Waals surface area (Å²) in [6.45, 7) is 0.565. The minimum absolute atomic E-state index is 0.0823. The van der Waals surface area contributed by atoms with Gasteiger partial charge in [-0.25, -0.2) is 0 Å². The summed E-state index contributed by atoms with van der Waals surface area (Å²) in [6.07, 6.45) is 2.27. The van der Waals surface area contributed by atoms with Gasteiger partial charge in [0, 0.05) is 19.5 Å². The number of carbonyl (C=O) groups is 1. The molecule has 0 unspecified atom stereocenters. The van der Waals surface area contributed by atoms with Crippen molar-refractivity contribution in [3.8, 4) is 0 Å². The smallest absolute Gasteiger partial charge is 0.284 e. The van der Waals surface area contributed by atoms with Crippen molar-refractivity contribution in [2.45, 2.75) is 25.3 Å². The minimum atomic E-state index is -0.0823. The Bertz CT molecular complexity index is 821. The number of hydrogen-bond donors (Lipinski definition) is 0. The first kappa shape index (κ1) is 13.4. The Labute approximate surface area is 131 Å². The molecule has 112 valence electrons. The van der Waals surface area contributed by atoms with Gasteiger partial charge in [0.15, 0.2) is 5.82 Å². The molecule has 1 amide bonds. The Morgan fingerprint density at radius 2 is 2.09 bits per heavy atom. The van der Waals surface area contributed by atoms with E-state index in [0.29, 0.717) is 22.4 Å². The van der Waals surface area contributed by atoms with Crippen LogP contribution in [-0.2, 0) is 6.54 Å². The van der Waals surface area contributed by atoms with Crippen LogP contribution in [0.1, 0.15) is 39.9 Å². The van der Waals surface area contributed by atoms with E-state index in [1.165, 1.54) is 11.3 Å². The van der Waals surface area contributed by atoms with Gasteiger partial charge < -0.3 is 4.90 Å². The summed E-state index contributed by atoms with van der Waals surface area (Å²) in [5, 5.41) is 13.2. The second-order valence-corrected chi connectivity index (χ2v) is 6.54. The van der Waals surface area contributed by atoms with E-state index < -0.39 is 0 Å². The number of aromatic nitrogens is 4. The van der Waals surface area contributed by atoms with Crippen LogP contribution in [0.4, 0.5) is 0 Å². The van der Waals surface area contributed by atoms with Gasteiger partial charge in [0.1, 0.15) is 0 Å². The van der Waals surface area contributed by atoms with E-state index in [9.17, 15) is 4.79 Å². The van der Waals surface area contributed by atoms with Crippen LogP contribution in [0.5, 0.6) is 0 Å². The summed E-state index contributed by atoms with van der Waals surface area (Å²) >= 11 is 1.30. The normalized spacial score (nSPS) is 14.4. The van der Waals surface area contributed by atoms with Crippen LogP contribution in [-0.4, -0.2) is 37.7 Å². The first-order valence-corrected chi connectivity index (χ1v) is 8.05. The van der Waals surface area contributed by atoms with Gasteiger partial charge >= 0.3 is 0 Å². The average molecular weight is 313 g/mol. The van der Waals surface area contributed by atoms with Crippen molar-refractivity contribution in [3.63, 3.8) is 0 Å². The number of carbonyl (C=O) groups excluding carboxylic acids is 1. The summed E-state index contributed by atoms with van der Waals surface area (Å²) in [6, 6.07) is 9.92. The van der Waals surface area contributed by atoms with E-state index in [0.717, 1.165) is 24.2 Å². The molecule has 0 radical (unpaired) electrons. The molecule has 0 aliphatic heterocycles. The summed E-state index contributed by atoms with van der Waals surface area (Å²) in [5.41, 5.74) is 1.10. The molecule has 22 heavy (non-hydrogen) atoms. The quantitative estimate of drug-likeness (QED) is 0.741. The van der Waals surface area contributed by atoms with Crippen LogP contribution in [0.2, 0.25) is 0 Å². The Kier molecular flexibility index (Phi) is 3.15. The maximum Gasteiger partial charge on any atom is 0.284 e. The molecule has 1 aliphatic rings. The second-order valence-electron chi connectivity index (χ2n) is 5.58. The second kappa shape index (κ2) is 5.17. The Hall–Kier alpha value is -2.28. The summed E-state index contributed by atoms with van der Waals surface area (Å²) < 4.78 is 1.73. The molecule has 2 aromatic heterocycles. The molecule has 2 heterocycles. The van der Waals surface area contributed by atoms with Gasteiger partial charge in [0.2, 0.25) is 9.97 Å². The highest BCUT2D eigenvalue weighted by atomic mass is 32.1. The van der Waals surface area contributed by atoms with Crippen LogP contribution >= 0.6 is 11.3 Å². The molecular weight excluding hydrogens is 298 g/mol. The van der Waals surface area contributed by atoms with Gasteiger partial charge in [0.05, 0.1) is 0 Å². The average Bonchev–Trinajstić information content (AvgIpc) is 3.16. The molecule has 1 fully saturated rings. The first-order chi connectivity index (χ1) is 10.7. The number of fused-ring (bicyclic) bond motifs is 1. The van der Waals surface area contributed by atoms with Crippen molar-refractivity contribution in [2.75, 3.05) is 7.05 Å². The molecule has 3 aromatic rings. The summed E-state index contributed by atoms with van der Waals surface area (Å²) in [5.74, 6) is 1.26. The molecule has 1 aromatic carbocycles. The van der Waals surface area contributed by atoms with Crippen LogP contribution in [0, 0.1) is 0 Å². The molecule has 1 saturated carbocycles. The highest BCUT2D eigenvalue weighted by molar-refractivity contribution is 7.18. The molecule has 4 rings (SSSR count). The molecule has 1 aliphatic carbocycles. The third-order valence-corrected chi connectivity index (χ3v) is 4.64. The highest BCUT2D eigenvalue weighted by Crippen LogP contribution is 2.39. The van der Waals surface area contributed by atoms with Gasteiger partial charge in [-0.15, -0.1) is 15.3 Å². The number of benzene rings is 1. The van der Waals surface area contributed by atoms with Crippen molar-refractivity contribution in [1.29, 1.82) is 0 Å². The van der Waals surface area contributed by atoms with Crippen molar-refractivity contribution in [3.05, 3.63) is 46.7 Å². The molecule has 0 saturated heterocycles. The Morgan fingerprint density at radius 1 is 1.32 bits per heavy atom. The molecule has 0 atom stereocenters. The standard InChI is InChI=1S/C15H15N5OS/c1-19(9-10-5-3-2-4-6-10)14(21)13-18-20-12(11-7-8-11)16-17-15(20)22-13/h2-6,11H,7-9H2,1H3. The van der Waals surface area contributed by atoms with Crippen LogP contribution in [0.3, 0.4) is 0 Å². The molecule has 7 heteroatoms. The largest absolute Gasteiger partial charge is 0.335 e. The van der Waals surface area contributed by atoms with Crippen molar-refractivity contribution in [2.24, 2.45) is 0 Å². The lowest BCUT2D eigenvalue weighted by Gasteiger charge is -2.15. The monoisotopic (exact) mass is 313 g/mol. The van der Waals surface area contributed by atoms with Gasteiger partial charge in [0.25, 0.3) is 5.91 Å². The fraction of sp³-hybridized carbons (Fsp3) is 0.333. The lowest BCUT2D eigenvalue weighted by molar-refractivity contribution is 0.0783. The van der Waals surface area contributed by atoms with Gasteiger partial charge in [-0.3, -0.25) is 4.79 Å². The molecule has 0 N–H and O–H groups in total. The zero-order chi connectivity index (χ0) is 15.1. The predicted molar refractivity (Wildman–Crippen MR) is 82.9 cm³/mol. The third kappa shape index (κ3) is 2.37. The van der Waals surface area contributed by atoms with E-state index in [4.69, 9.17) is 0 Å².